The van der Waals surface area contributed by atoms with Crippen LogP contribution in [0.25, 0.3) is 54.4 Å². The van der Waals surface area contributed by atoms with Crippen LogP contribution in [0, 0.1) is 6.92 Å². The van der Waals surface area contributed by atoms with E-state index in [0.29, 0.717) is 11.4 Å². The Hall–Kier alpha value is -5.00. The van der Waals surface area contributed by atoms with Gasteiger partial charge in [0, 0.05) is 28.8 Å². The van der Waals surface area contributed by atoms with Crippen LogP contribution in [0.4, 0.5) is 0 Å². The molecule has 0 saturated carbocycles. The van der Waals surface area contributed by atoms with Crippen molar-refractivity contribution in [3.05, 3.63) is 95.5 Å². The highest BCUT2D eigenvalue weighted by atomic mass is 32.1. The van der Waals surface area contributed by atoms with Gasteiger partial charge in [-0.2, -0.15) is 0 Å². The maximum absolute atomic E-state index is 11.9. The second-order valence-electron chi connectivity index (χ2n) is 8.70. The van der Waals surface area contributed by atoms with Gasteiger partial charge in [-0.15, -0.1) is 22.7 Å². The maximum Gasteiger partial charge on any atom is 0.335 e. The Morgan fingerprint density at radius 3 is 2.12 bits per heavy atom. The van der Waals surface area contributed by atoms with Crippen LogP contribution in [0.3, 0.4) is 0 Å². The fourth-order valence-electron chi connectivity index (χ4n) is 4.17. The van der Waals surface area contributed by atoms with Crippen molar-refractivity contribution >= 4 is 34.6 Å². The third-order valence-electron chi connectivity index (χ3n) is 6.00. The van der Waals surface area contributed by atoms with Gasteiger partial charge in [-0.25, -0.2) is 19.6 Å². The van der Waals surface area contributed by atoms with E-state index in [9.17, 15) is 19.8 Å². The van der Waals surface area contributed by atoms with Crippen molar-refractivity contribution in [1.82, 2.24) is 19.9 Å². The second kappa shape index (κ2) is 10.3. The second-order valence-corrected chi connectivity index (χ2v) is 10.7. The van der Waals surface area contributed by atoms with E-state index < -0.39 is 11.9 Å². The fourth-order valence-corrected chi connectivity index (χ4v) is 5.82. The Bertz CT molecular complexity index is 1890. The summed E-state index contributed by atoms with van der Waals surface area (Å²) in [4.78, 5) is 42.9. The topological polar surface area (TPSA) is 139 Å². The Balaban J connectivity index is 1.39. The average Bonchev–Trinajstić information content (AvgIpc) is 3.74. The van der Waals surface area contributed by atoms with Gasteiger partial charge in [-0.05, 0) is 67.1 Å². The molecule has 0 unspecified atom stereocenters. The first-order chi connectivity index (χ1) is 19.4. The summed E-state index contributed by atoms with van der Waals surface area (Å²) in [6.07, 6.45) is 4.75. The molecule has 2 N–H and O–H groups in total. The minimum Gasteiger partial charge on any atom is -0.478 e. The summed E-state index contributed by atoms with van der Waals surface area (Å²) < 4.78 is 6.04. The smallest absolute Gasteiger partial charge is 0.335 e. The van der Waals surface area contributed by atoms with Gasteiger partial charge < -0.3 is 14.6 Å². The Morgan fingerprint density at radius 1 is 0.750 bits per heavy atom. The van der Waals surface area contributed by atoms with Crippen LogP contribution in [-0.2, 0) is 0 Å². The summed E-state index contributed by atoms with van der Waals surface area (Å²) in [6.45, 7) is 1.91. The molecule has 9 nitrogen and oxygen atoms in total. The molecule has 0 saturated heterocycles. The number of aromatic carboxylic acids is 2. The summed E-state index contributed by atoms with van der Waals surface area (Å²) in [5.41, 5.74) is 3.07. The molecule has 0 aromatic carbocycles. The number of carbonyl (C=O) groups is 2. The first kappa shape index (κ1) is 25.3. The predicted octanol–water partition coefficient (Wildman–Crippen LogP) is 7.02. The van der Waals surface area contributed by atoms with E-state index in [1.165, 1.54) is 30.5 Å². The molecule has 6 heterocycles. The van der Waals surface area contributed by atoms with E-state index in [4.69, 9.17) is 4.42 Å². The minimum atomic E-state index is -1.15. The van der Waals surface area contributed by atoms with Crippen LogP contribution >= 0.6 is 22.7 Å². The molecular formula is C29H18N4O5S2. The molecule has 0 aliphatic rings. The summed E-state index contributed by atoms with van der Waals surface area (Å²) >= 11 is 3.10. The summed E-state index contributed by atoms with van der Waals surface area (Å²) in [7, 11) is 0. The lowest BCUT2D eigenvalue weighted by atomic mass is 10.1. The van der Waals surface area contributed by atoms with E-state index in [1.807, 2.05) is 42.6 Å². The quantitative estimate of drug-likeness (QED) is 0.208. The van der Waals surface area contributed by atoms with Gasteiger partial charge in [-0.1, -0.05) is 0 Å². The molecule has 0 amide bonds. The molecule has 6 aromatic rings. The summed E-state index contributed by atoms with van der Waals surface area (Å²) in [5, 5.41) is 21.9. The minimum absolute atomic E-state index is 0.0175. The molecule has 0 bridgehead atoms. The van der Waals surface area contributed by atoms with Crippen molar-refractivity contribution in [2.45, 2.75) is 6.92 Å². The zero-order valence-electron chi connectivity index (χ0n) is 20.7. The molecule has 0 aliphatic heterocycles. The molecule has 0 aliphatic carbocycles. The van der Waals surface area contributed by atoms with Crippen molar-refractivity contribution in [3.63, 3.8) is 0 Å². The lowest BCUT2D eigenvalue weighted by molar-refractivity contribution is 0.0686. The number of aryl methyl sites for hydroxylation is 1. The number of hydrogen-bond acceptors (Lipinski definition) is 9. The number of furan rings is 1. The van der Waals surface area contributed by atoms with Crippen molar-refractivity contribution in [3.8, 4) is 54.4 Å². The SMILES string of the molecule is Cc1cc(-c2nccs2)c(-c2ccc(-c3ccnc(-c4cc(C(=O)O)cc(-c5cc(C(=O)O)ccn5)n4)c3)s2)o1. The molecular weight excluding hydrogens is 548 g/mol. The summed E-state index contributed by atoms with van der Waals surface area (Å²) in [5.74, 6) is -0.714. The van der Waals surface area contributed by atoms with Crippen LogP contribution < -0.4 is 0 Å². The molecule has 40 heavy (non-hydrogen) atoms. The number of rotatable bonds is 7. The highest BCUT2D eigenvalue weighted by molar-refractivity contribution is 7.19. The molecule has 11 heteroatoms. The van der Waals surface area contributed by atoms with E-state index in [1.54, 1.807) is 35.1 Å². The van der Waals surface area contributed by atoms with E-state index in [2.05, 4.69) is 19.9 Å². The maximum atomic E-state index is 11.9. The van der Waals surface area contributed by atoms with Crippen LogP contribution in [0.2, 0.25) is 0 Å². The Morgan fingerprint density at radius 2 is 1.43 bits per heavy atom. The highest BCUT2D eigenvalue weighted by Crippen LogP contribution is 2.41. The number of pyridine rings is 3. The van der Waals surface area contributed by atoms with E-state index >= 15 is 0 Å². The van der Waals surface area contributed by atoms with Gasteiger partial charge in [0.25, 0.3) is 0 Å². The zero-order valence-corrected chi connectivity index (χ0v) is 22.4. The number of aromatic nitrogens is 4. The summed E-state index contributed by atoms with van der Waals surface area (Å²) in [6, 6.07) is 15.2. The normalized spacial score (nSPS) is 11.0. The van der Waals surface area contributed by atoms with Gasteiger partial charge >= 0.3 is 11.9 Å². The van der Waals surface area contributed by atoms with Crippen LogP contribution in [0.15, 0.2) is 83.0 Å². The Kier molecular flexibility index (Phi) is 6.50. The fraction of sp³-hybridized carbons (Fsp3) is 0.0345. The number of thiophene rings is 1. The van der Waals surface area contributed by atoms with E-state index in [0.717, 1.165) is 37.4 Å². The number of thiazole rings is 1. The van der Waals surface area contributed by atoms with Crippen molar-refractivity contribution in [1.29, 1.82) is 0 Å². The third kappa shape index (κ3) is 4.91. The molecule has 6 rings (SSSR count). The molecule has 6 aromatic heterocycles. The van der Waals surface area contributed by atoms with Gasteiger partial charge in [0.15, 0.2) is 5.76 Å². The number of carboxylic acid groups (broad SMARTS) is 2. The van der Waals surface area contributed by atoms with Crippen molar-refractivity contribution in [2.75, 3.05) is 0 Å². The number of hydrogen-bond donors (Lipinski definition) is 2. The monoisotopic (exact) mass is 566 g/mol. The standard InChI is InChI=1S/C29H18N4O5S2/c1-15-10-19(27-32-8-9-39-27)26(38-15)25-3-2-24(40-25)16-4-6-30-20(11-16)22-13-18(29(36)37)14-23(33-22)21-12-17(28(34)35)5-7-31-21/h2-14H,1H3,(H,34,35)(H,36,37). The Labute approximate surface area is 235 Å². The van der Waals surface area contributed by atoms with Gasteiger partial charge in [0.2, 0.25) is 0 Å². The van der Waals surface area contributed by atoms with Gasteiger partial charge in [0.05, 0.1) is 44.3 Å². The van der Waals surface area contributed by atoms with E-state index in [-0.39, 0.29) is 22.5 Å². The van der Waals surface area contributed by atoms with Crippen LogP contribution in [0.5, 0.6) is 0 Å². The first-order valence-electron chi connectivity index (χ1n) is 11.9. The molecule has 0 spiro atoms. The van der Waals surface area contributed by atoms with Crippen molar-refractivity contribution < 1.29 is 24.2 Å². The molecule has 0 atom stereocenters. The van der Waals surface area contributed by atoms with Gasteiger partial charge in [-0.3, -0.25) is 9.97 Å². The lowest BCUT2D eigenvalue weighted by Gasteiger charge is -2.08. The lowest BCUT2D eigenvalue weighted by Crippen LogP contribution is -2.02. The largest absolute Gasteiger partial charge is 0.478 e. The first-order valence-corrected chi connectivity index (χ1v) is 13.6. The predicted molar refractivity (Wildman–Crippen MR) is 151 cm³/mol. The zero-order chi connectivity index (χ0) is 27.8. The molecule has 0 radical (unpaired) electrons. The molecule has 0 fully saturated rings. The number of nitrogens with zero attached hydrogens (tertiary/aromatic N) is 4. The highest BCUT2D eigenvalue weighted by Gasteiger charge is 2.19. The third-order valence-corrected chi connectivity index (χ3v) is 7.94. The van der Waals surface area contributed by atoms with Gasteiger partial charge in [0.1, 0.15) is 10.8 Å². The number of carboxylic acids is 2. The average molecular weight is 567 g/mol. The van der Waals surface area contributed by atoms with Crippen LogP contribution in [0.1, 0.15) is 26.5 Å². The van der Waals surface area contributed by atoms with Crippen LogP contribution in [-0.4, -0.2) is 42.1 Å². The van der Waals surface area contributed by atoms with Crippen molar-refractivity contribution in [2.24, 2.45) is 0 Å². The molecule has 196 valence electrons.